The van der Waals surface area contributed by atoms with Gasteiger partial charge in [-0.15, -0.1) is 0 Å². The van der Waals surface area contributed by atoms with E-state index in [0.29, 0.717) is 22.4 Å². The molecule has 0 saturated heterocycles. The molecule has 0 spiro atoms. The van der Waals surface area contributed by atoms with Crippen molar-refractivity contribution in [2.75, 3.05) is 5.32 Å². The standard InChI is InChI=1S/C32H30F4N4O4/c33-20-10-4-9-19(17-20)26-23-11-5-13-24(44-21-14-15-21)27(23)39-31(43)29(38-26)40-30(42)22(12-6-16-32(34,35)36)25(28(37)41)18-7-2-1-3-8-18/h1-5,7-11,13,17,21-22,25,29H,6,12,14-16H2,(H2,37,41)(H,39,43)(H,40,42). The maximum atomic E-state index is 14.3. The molecule has 1 aliphatic carbocycles. The van der Waals surface area contributed by atoms with Crippen molar-refractivity contribution in [3.8, 4) is 5.75 Å². The molecular weight excluding hydrogens is 580 g/mol. The highest BCUT2D eigenvalue weighted by Crippen LogP contribution is 2.37. The number of nitrogens with two attached hydrogens (primary N) is 1. The summed E-state index contributed by atoms with van der Waals surface area (Å²) < 4.78 is 59.4. The maximum absolute atomic E-state index is 14.3. The summed E-state index contributed by atoms with van der Waals surface area (Å²) in [6.07, 6.45) is -6.37. The first-order valence-electron chi connectivity index (χ1n) is 14.2. The number of aliphatic imine (C=N–C) groups is 1. The molecule has 3 aromatic rings. The number of hydrogen-bond donors (Lipinski definition) is 3. The molecule has 3 unspecified atom stereocenters. The average molecular weight is 611 g/mol. The number of nitrogens with one attached hydrogen (secondary N) is 2. The number of amides is 3. The third-order valence-corrected chi connectivity index (χ3v) is 7.41. The topological polar surface area (TPSA) is 123 Å². The number of primary amides is 1. The van der Waals surface area contributed by atoms with E-state index in [1.54, 1.807) is 54.6 Å². The van der Waals surface area contributed by atoms with Gasteiger partial charge in [-0.1, -0.05) is 54.6 Å². The van der Waals surface area contributed by atoms with Gasteiger partial charge in [-0.2, -0.15) is 13.2 Å². The molecule has 3 amide bonds. The number of halogens is 4. The van der Waals surface area contributed by atoms with E-state index in [-0.39, 0.29) is 23.9 Å². The largest absolute Gasteiger partial charge is 0.488 e. The zero-order chi connectivity index (χ0) is 31.4. The number of benzene rings is 3. The molecule has 230 valence electrons. The SMILES string of the molecule is NC(=O)C(c1ccccc1)C(CCCC(F)(F)F)C(=O)NC1N=C(c2cccc(F)c2)c2cccc(OC3CC3)c2NC1=O. The first-order valence-corrected chi connectivity index (χ1v) is 14.2. The van der Waals surface area contributed by atoms with Gasteiger partial charge < -0.3 is 21.1 Å². The molecule has 0 aromatic heterocycles. The molecule has 12 heteroatoms. The highest BCUT2D eigenvalue weighted by atomic mass is 19.4. The number of carbonyl (C=O) groups is 3. The molecule has 1 aliphatic heterocycles. The lowest BCUT2D eigenvalue weighted by molar-refractivity contribution is -0.139. The van der Waals surface area contributed by atoms with Crippen molar-refractivity contribution in [1.82, 2.24) is 5.32 Å². The Morgan fingerprint density at radius 2 is 1.77 bits per heavy atom. The van der Waals surface area contributed by atoms with Crippen LogP contribution in [0.1, 0.15) is 54.7 Å². The summed E-state index contributed by atoms with van der Waals surface area (Å²) in [5.41, 5.74) is 7.21. The van der Waals surface area contributed by atoms with E-state index in [1.807, 2.05) is 0 Å². The zero-order valence-corrected chi connectivity index (χ0v) is 23.4. The fraction of sp³-hybridized carbons (Fsp3) is 0.312. The minimum Gasteiger partial charge on any atom is -0.488 e. The Bertz CT molecular complexity index is 1570. The molecule has 8 nitrogen and oxygen atoms in total. The second-order valence-electron chi connectivity index (χ2n) is 10.8. The summed E-state index contributed by atoms with van der Waals surface area (Å²) in [5.74, 6) is -5.37. The number of fused-ring (bicyclic) bond motifs is 1. The number of ether oxygens (including phenoxy) is 1. The molecule has 0 bridgehead atoms. The number of nitrogens with zero attached hydrogens (tertiary/aromatic N) is 1. The Kier molecular flexibility index (Phi) is 8.98. The van der Waals surface area contributed by atoms with Crippen LogP contribution >= 0.6 is 0 Å². The van der Waals surface area contributed by atoms with Crippen molar-refractivity contribution in [2.45, 2.75) is 56.5 Å². The van der Waals surface area contributed by atoms with Gasteiger partial charge in [0.05, 0.1) is 29.3 Å². The average Bonchev–Trinajstić information content (AvgIpc) is 3.80. The van der Waals surface area contributed by atoms with Crippen molar-refractivity contribution in [3.63, 3.8) is 0 Å². The molecule has 5 rings (SSSR count). The molecule has 4 N–H and O–H groups in total. The van der Waals surface area contributed by atoms with E-state index in [9.17, 15) is 31.9 Å². The number of anilines is 1. The van der Waals surface area contributed by atoms with Crippen LogP contribution < -0.4 is 21.1 Å². The van der Waals surface area contributed by atoms with E-state index in [1.165, 1.54) is 18.2 Å². The van der Waals surface area contributed by atoms with Crippen molar-refractivity contribution in [2.24, 2.45) is 16.6 Å². The van der Waals surface area contributed by atoms with E-state index in [2.05, 4.69) is 15.6 Å². The van der Waals surface area contributed by atoms with Gasteiger partial charge in [0.25, 0.3) is 5.91 Å². The second kappa shape index (κ2) is 12.9. The van der Waals surface area contributed by atoms with Crippen LogP contribution in [0.2, 0.25) is 0 Å². The van der Waals surface area contributed by atoms with Gasteiger partial charge in [0.15, 0.2) is 0 Å². The molecule has 1 saturated carbocycles. The maximum Gasteiger partial charge on any atom is 0.389 e. The van der Waals surface area contributed by atoms with Gasteiger partial charge in [0.1, 0.15) is 11.6 Å². The second-order valence-corrected chi connectivity index (χ2v) is 10.8. The number of rotatable bonds is 11. The summed E-state index contributed by atoms with van der Waals surface area (Å²) in [5, 5.41) is 5.27. The van der Waals surface area contributed by atoms with Gasteiger partial charge in [-0.3, -0.25) is 14.4 Å². The summed E-state index contributed by atoms with van der Waals surface area (Å²) in [4.78, 5) is 44.5. The first kappa shape index (κ1) is 30.7. The van der Waals surface area contributed by atoms with Crippen molar-refractivity contribution >= 4 is 29.1 Å². The number of benzodiazepines with no additional fused rings is 1. The fourth-order valence-corrected chi connectivity index (χ4v) is 5.20. The number of carbonyl (C=O) groups excluding carboxylic acids is 3. The number of para-hydroxylation sites is 1. The fourth-order valence-electron chi connectivity index (χ4n) is 5.20. The van der Waals surface area contributed by atoms with Gasteiger partial charge in [-0.25, -0.2) is 9.38 Å². The van der Waals surface area contributed by atoms with Crippen LogP contribution in [0.25, 0.3) is 0 Å². The van der Waals surface area contributed by atoms with Gasteiger partial charge >= 0.3 is 6.18 Å². The highest BCUT2D eigenvalue weighted by molar-refractivity contribution is 6.20. The zero-order valence-electron chi connectivity index (χ0n) is 23.4. The Hall–Kier alpha value is -4.74. The lowest BCUT2D eigenvalue weighted by Gasteiger charge is -2.26. The van der Waals surface area contributed by atoms with Crippen LogP contribution in [0, 0.1) is 11.7 Å². The first-order chi connectivity index (χ1) is 21.0. The molecule has 2 aliphatic rings. The van der Waals surface area contributed by atoms with Crippen LogP contribution in [0.4, 0.5) is 23.2 Å². The third-order valence-electron chi connectivity index (χ3n) is 7.41. The van der Waals surface area contributed by atoms with Gasteiger partial charge in [-0.05, 0) is 49.4 Å². The quantitative estimate of drug-likeness (QED) is 0.258. The van der Waals surface area contributed by atoms with Crippen molar-refractivity contribution < 1.29 is 36.7 Å². The Balaban J connectivity index is 1.51. The van der Waals surface area contributed by atoms with Crippen LogP contribution in [-0.4, -0.2) is 41.9 Å². The minimum absolute atomic E-state index is 0.0205. The van der Waals surface area contributed by atoms with Gasteiger partial charge in [0.2, 0.25) is 18.0 Å². The molecule has 1 fully saturated rings. The normalized spacial score (nSPS) is 17.8. The van der Waals surface area contributed by atoms with Crippen LogP contribution in [0.15, 0.2) is 77.8 Å². The van der Waals surface area contributed by atoms with E-state index in [4.69, 9.17) is 10.5 Å². The highest BCUT2D eigenvalue weighted by Gasteiger charge is 2.38. The van der Waals surface area contributed by atoms with E-state index < -0.39 is 60.6 Å². The number of hydrogen-bond acceptors (Lipinski definition) is 5. The lowest BCUT2D eigenvalue weighted by Crippen LogP contribution is -2.47. The predicted octanol–water partition coefficient (Wildman–Crippen LogP) is 5.22. The predicted molar refractivity (Wildman–Crippen MR) is 154 cm³/mol. The molecular formula is C32H30F4N4O4. The molecule has 3 aromatic carbocycles. The lowest BCUT2D eigenvalue weighted by atomic mass is 9.81. The van der Waals surface area contributed by atoms with Crippen LogP contribution in [0.5, 0.6) is 5.75 Å². The minimum atomic E-state index is -4.48. The molecule has 44 heavy (non-hydrogen) atoms. The number of alkyl halides is 3. The van der Waals surface area contributed by atoms with E-state index in [0.717, 1.165) is 12.8 Å². The summed E-state index contributed by atoms with van der Waals surface area (Å²) >= 11 is 0. The monoisotopic (exact) mass is 610 g/mol. The smallest absolute Gasteiger partial charge is 0.389 e. The Labute approximate surface area is 250 Å². The molecule has 0 radical (unpaired) electrons. The third kappa shape index (κ3) is 7.42. The van der Waals surface area contributed by atoms with Crippen LogP contribution in [-0.2, 0) is 14.4 Å². The summed E-state index contributed by atoms with van der Waals surface area (Å²) in [6.45, 7) is 0. The molecule has 1 heterocycles. The van der Waals surface area contributed by atoms with Crippen molar-refractivity contribution in [3.05, 3.63) is 95.3 Å². The summed E-state index contributed by atoms with van der Waals surface area (Å²) in [6, 6.07) is 18.6. The van der Waals surface area contributed by atoms with E-state index >= 15 is 0 Å². The van der Waals surface area contributed by atoms with Crippen LogP contribution in [0.3, 0.4) is 0 Å². The molecule has 3 atom stereocenters. The Morgan fingerprint density at radius 1 is 1.05 bits per heavy atom. The summed E-state index contributed by atoms with van der Waals surface area (Å²) in [7, 11) is 0. The van der Waals surface area contributed by atoms with Gasteiger partial charge in [0, 0.05) is 17.5 Å². The Morgan fingerprint density at radius 3 is 2.43 bits per heavy atom. The van der Waals surface area contributed by atoms with Crippen molar-refractivity contribution in [1.29, 1.82) is 0 Å².